The molecule has 19 heavy (non-hydrogen) atoms. The second kappa shape index (κ2) is 6.36. The van der Waals surface area contributed by atoms with Crippen LogP contribution in [0.15, 0.2) is 12.3 Å². The highest BCUT2D eigenvalue weighted by atomic mass is 16.5. The Labute approximate surface area is 112 Å². The first kappa shape index (κ1) is 13.6. The van der Waals surface area contributed by atoms with E-state index in [1.54, 1.807) is 12.3 Å². The third-order valence-corrected chi connectivity index (χ3v) is 3.17. The molecule has 0 aliphatic carbocycles. The number of hydrogen-bond donors (Lipinski definition) is 1. The fraction of sp³-hybridized carbons (Fsp3) is 0.615. The maximum atomic E-state index is 10.8. The number of aromatic nitrogens is 2. The third-order valence-electron chi connectivity index (χ3n) is 3.17. The SMILES string of the molecule is CCOc1ccnc(N2CCCC(CC(=O)O)C2)n1. The summed E-state index contributed by atoms with van der Waals surface area (Å²) in [5.74, 6) is 0.621. The van der Waals surface area contributed by atoms with Crippen molar-refractivity contribution < 1.29 is 14.6 Å². The zero-order valence-electron chi connectivity index (χ0n) is 11.1. The number of carboxylic acid groups (broad SMARTS) is 1. The Balaban J connectivity index is 2.04. The van der Waals surface area contributed by atoms with Crippen molar-refractivity contribution in [1.82, 2.24) is 9.97 Å². The number of carboxylic acids is 1. The van der Waals surface area contributed by atoms with Crippen molar-refractivity contribution in [2.45, 2.75) is 26.2 Å². The van der Waals surface area contributed by atoms with Gasteiger partial charge in [-0.2, -0.15) is 4.98 Å². The van der Waals surface area contributed by atoms with Gasteiger partial charge in [0, 0.05) is 31.8 Å². The van der Waals surface area contributed by atoms with E-state index in [2.05, 4.69) is 9.97 Å². The molecule has 0 aromatic carbocycles. The Kier molecular flexibility index (Phi) is 4.54. The molecule has 1 N–H and O–H groups in total. The van der Waals surface area contributed by atoms with E-state index in [1.165, 1.54) is 0 Å². The van der Waals surface area contributed by atoms with Gasteiger partial charge >= 0.3 is 5.97 Å². The summed E-state index contributed by atoms with van der Waals surface area (Å²) in [5, 5.41) is 8.87. The van der Waals surface area contributed by atoms with Gasteiger partial charge in [-0.15, -0.1) is 0 Å². The van der Waals surface area contributed by atoms with Gasteiger partial charge in [-0.05, 0) is 25.7 Å². The lowest BCUT2D eigenvalue weighted by molar-refractivity contribution is -0.138. The van der Waals surface area contributed by atoms with Crippen LogP contribution in [0.1, 0.15) is 26.2 Å². The van der Waals surface area contributed by atoms with Crippen molar-refractivity contribution in [3.8, 4) is 5.88 Å². The fourth-order valence-corrected chi connectivity index (χ4v) is 2.37. The monoisotopic (exact) mass is 265 g/mol. The molecular formula is C13H19N3O3. The summed E-state index contributed by atoms with van der Waals surface area (Å²) in [7, 11) is 0. The van der Waals surface area contributed by atoms with E-state index in [-0.39, 0.29) is 12.3 Å². The molecule has 2 rings (SSSR count). The summed E-state index contributed by atoms with van der Waals surface area (Å²) in [5.41, 5.74) is 0. The Morgan fingerprint density at radius 2 is 2.47 bits per heavy atom. The molecule has 2 heterocycles. The summed E-state index contributed by atoms with van der Waals surface area (Å²) in [6, 6.07) is 1.73. The second-order valence-electron chi connectivity index (χ2n) is 4.68. The van der Waals surface area contributed by atoms with Gasteiger partial charge in [0.15, 0.2) is 0 Å². The molecule has 104 valence electrons. The van der Waals surface area contributed by atoms with Crippen LogP contribution < -0.4 is 9.64 Å². The van der Waals surface area contributed by atoms with Crippen molar-refractivity contribution >= 4 is 11.9 Å². The lowest BCUT2D eigenvalue weighted by atomic mass is 9.95. The zero-order valence-corrected chi connectivity index (χ0v) is 11.1. The minimum atomic E-state index is -0.740. The normalized spacial score (nSPS) is 19.2. The minimum Gasteiger partial charge on any atom is -0.481 e. The Hall–Kier alpha value is -1.85. The largest absolute Gasteiger partial charge is 0.481 e. The standard InChI is InChI=1S/C13H19N3O3/c1-2-19-11-5-6-14-13(15-11)16-7-3-4-10(9-16)8-12(17)18/h5-6,10H,2-4,7-9H2,1H3,(H,17,18). The van der Waals surface area contributed by atoms with E-state index in [0.29, 0.717) is 25.0 Å². The molecule has 1 fully saturated rings. The second-order valence-corrected chi connectivity index (χ2v) is 4.68. The number of aliphatic carboxylic acids is 1. The van der Waals surface area contributed by atoms with Gasteiger partial charge in [-0.25, -0.2) is 4.98 Å². The molecule has 6 nitrogen and oxygen atoms in total. The first-order valence-corrected chi connectivity index (χ1v) is 6.61. The molecule has 1 unspecified atom stereocenters. The highest BCUT2D eigenvalue weighted by Crippen LogP contribution is 2.23. The molecule has 0 radical (unpaired) electrons. The summed E-state index contributed by atoms with van der Waals surface area (Å²) in [6.45, 7) is 4.04. The van der Waals surface area contributed by atoms with Crippen LogP contribution in [-0.4, -0.2) is 40.7 Å². The van der Waals surface area contributed by atoms with Crippen LogP contribution in [0.4, 0.5) is 5.95 Å². The average molecular weight is 265 g/mol. The quantitative estimate of drug-likeness (QED) is 0.871. The van der Waals surface area contributed by atoms with Crippen LogP contribution in [0.2, 0.25) is 0 Å². The predicted octanol–water partition coefficient (Wildman–Crippen LogP) is 1.57. The number of anilines is 1. The number of nitrogens with zero attached hydrogens (tertiary/aromatic N) is 3. The maximum absolute atomic E-state index is 10.8. The van der Waals surface area contributed by atoms with Crippen molar-refractivity contribution in [3.63, 3.8) is 0 Å². The van der Waals surface area contributed by atoms with Gasteiger partial charge in [-0.1, -0.05) is 0 Å². The summed E-state index contributed by atoms with van der Waals surface area (Å²) < 4.78 is 5.36. The van der Waals surface area contributed by atoms with Crippen molar-refractivity contribution in [3.05, 3.63) is 12.3 Å². The van der Waals surface area contributed by atoms with Crippen LogP contribution >= 0.6 is 0 Å². The van der Waals surface area contributed by atoms with Gasteiger partial charge in [0.25, 0.3) is 0 Å². The van der Waals surface area contributed by atoms with Crippen molar-refractivity contribution in [1.29, 1.82) is 0 Å². The maximum Gasteiger partial charge on any atom is 0.303 e. The molecule has 0 amide bonds. The first-order chi connectivity index (χ1) is 9.19. The molecule has 0 saturated carbocycles. The van der Waals surface area contributed by atoms with Gasteiger partial charge in [-0.3, -0.25) is 4.79 Å². The third kappa shape index (κ3) is 3.81. The molecule has 1 aromatic rings. The fourth-order valence-electron chi connectivity index (χ4n) is 2.37. The first-order valence-electron chi connectivity index (χ1n) is 6.61. The summed E-state index contributed by atoms with van der Waals surface area (Å²) in [6.07, 6.45) is 3.81. The minimum absolute atomic E-state index is 0.172. The van der Waals surface area contributed by atoms with Crippen molar-refractivity contribution in [2.24, 2.45) is 5.92 Å². The van der Waals surface area contributed by atoms with E-state index < -0.39 is 5.97 Å². The van der Waals surface area contributed by atoms with Crippen LogP contribution in [-0.2, 0) is 4.79 Å². The van der Waals surface area contributed by atoms with Crippen LogP contribution in [0.25, 0.3) is 0 Å². The molecule has 1 saturated heterocycles. The molecule has 6 heteroatoms. The topological polar surface area (TPSA) is 75.5 Å². The van der Waals surface area contributed by atoms with Crippen LogP contribution in [0.3, 0.4) is 0 Å². The average Bonchev–Trinajstić information content (AvgIpc) is 2.39. The lowest BCUT2D eigenvalue weighted by Gasteiger charge is -2.32. The summed E-state index contributed by atoms with van der Waals surface area (Å²) in [4.78, 5) is 21.4. The van der Waals surface area contributed by atoms with Crippen LogP contribution in [0, 0.1) is 5.92 Å². The Bertz CT molecular complexity index is 439. The molecular weight excluding hydrogens is 246 g/mol. The predicted molar refractivity (Wildman–Crippen MR) is 70.4 cm³/mol. The summed E-state index contributed by atoms with van der Waals surface area (Å²) >= 11 is 0. The number of hydrogen-bond acceptors (Lipinski definition) is 5. The lowest BCUT2D eigenvalue weighted by Crippen LogP contribution is -2.37. The molecule has 0 spiro atoms. The molecule has 1 aliphatic rings. The van der Waals surface area contributed by atoms with E-state index in [0.717, 1.165) is 19.4 Å². The van der Waals surface area contributed by atoms with Gasteiger partial charge in [0.05, 0.1) is 6.61 Å². The van der Waals surface area contributed by atoms with Gasteiger partial charge < -0.3 is 14.7 Å². The Morgan fingerprint density at radius 1 is 1.63 bits per heavy atom. The van der Waals surface area contributed by atoms with E-state index in [4.69, 9.17) is 9.84 Å². The van der Waals surface area contributed by atoms with Gasteiger partial charge in [0.2, 0.25) is 11.8 Å². The Morgan fingerprint density at radius 3 is 3.21 bits per heavy atom. The smallest absolute Gasteiger partial charge is 0.303 e. The highest BCUT2D eigenvalue weighted by Gasteiger charge is 2.23. The number of ether oxygens (including phenoxy) is 1. The number of carbonyl (C=O) groups is 1. The number of piperidine rings is 1. The van der Waals surface area contributed by atoms with Crippen LogP contribution in [0.5, 0.6) is 5.88 Å². The highest BCUT2D eigenvalue weighted by molar-refractivity contribution is 5.67. The van der Waals surface area contributed by atoms with E-state index >= 15 is 0 Å². The molecule has 0 bridgehead atoms. The number of rotatable bonds is 5. The van der Waals surface area contributed by atoms with Gasteiger partial charge in [0.1, 0.15) is 0 Å². The molecule has 1 aliphatic heterocycles. The molecule has 1 aromatic heterocycles. The van der Waals surface area contributed by atoms with E-state index in [1.807, 2.05) is 11.8 Å². The van der Waals surface area contributed by atoms with Crippen molar-refractivity contribution in [2.75, 3.05) is 24.6 Å². The molecule has 1 atom stereocenters. The zero-order chi connectivity index (χ0) is 13.7. The van der Waals surface area contributed by atoms with E-state index in [9.17, 15) is 4.79 Å².